The fourth-order valence-corrected chi connectivity index (χ4v) is 3.08. The van der Waals surface area contributed by atoms with Crippen LogP contribution in [0.15, 0.2) is 30.6 Å². The summed E-state index contributed by atoms with van der Waals surface area (Å²) in [6, 6.07) is 4.59. The van der Waals surface area contributed by atoms with Crippen molar-refractivity contribution in [2.75, 3.05) is 18.0 Å². The average molecular weight is 397 g/mol. The van der Waals surface area contributed by atoms with E-state index in [9.17, 15) is 18.0 Å². The van der Waals surface area contributed by atoms with Gasteiger partial charge < -0.3 is 15.0 Å². The van der Waals surface area contributed by atoms with Crippen molar-refractivity contribution < 1.29 is 22.7 Å². The van der Waals surface area contributed by atoms with E-state index in [0.29, 0.717) is 0 Å². The third-order valence-electron chi connectivity index (χ3n) is 4.28. The monoisotopic (exact) mass is 397 g/mol. The molecule has 3 heterocycles. The normalized spacial score (nSPS) is 20.2. The summed E-state index contributed by atoms with van der Waals surface area (Å²) in [6.07, 6.45) is -1.46. The Morgan fingerprint density at radius 2 is 1.96 bits per heavy atom. The van der Waals surface area contributed by atoms with Crippen molar-refractivity contribution in [2.24, 2.45) is 0 Å². The Labute approximate surface area is 160 Å². The van der Waals surface area contributed by atoms with Gasteiger partial charge >= 0.3 is 6.18 Å². The van der Waals surface area contributed by atoms with Gasteiger partial charge in [-0.25, -0.2) is 4.98 Å². The van der Waals surface area contributed by atoms with Crippen molar-refractivity contribution in [1.29, 1.82) is 0 Å². The Bertz CT molecular complexity index is 796. The summed E-state index contributed by atoms with van der Waals surface area (Å²) in [5.41, 5.74) is -0.227. The molecule has 152 valence electrons. The summed E-state index contributed by atoms with van der Waals surface area (Å²) in [6.45, 7) is 5.50. The van der Waals surface area contributed by atoms with Crippen LogP contribution >= 0.6 is 0 Å². The molecule has 2 aromatic rings. The number of aromatic nitrogens is 3. The number of carbonyl (C=O) groups excluding carboxylic acids is 1. The van der Waals surface area contributed by atoms with Crippen LogP contribution in [0, 0.1) is 0 Å². The van der Waals surface area contributed by atoms with Gasteiger partial charge in [0.15, 0.2) is 5.69 Å². The van der Waals surface area contributed by atoms with E-state index in [-0.39, 0.29) is 25.3 Å². The molecule has 28 heavy (non-hydrogen) atoms. The number of halogens is 3. The number of carbonyl (C=O) groups is 1. The van der Waals surface area contributed by atoms with E-state index in [1.54, 1.807) is 6.20 Å². The molecule has 2 atom stereocenters. The number of nitrogens with zero attached hydrogens (tertiary/aromatic N) is 4. The molecule has 1 aliphatic heterocycles. The van der Waals surface area contributed by atoms with E-state index < -0.39 is 17.8 Å². The highest BCUT2D eigenvalue weighted by molar-refractivity contribution is 5.75. The van der Waals surface area contributed by atoms with E-state index in [4.69, 9.17) is 4.74 Å². The van der Waals surface area contributed by atoms with Gasteiger partial charge in [0.1, 0.15) is 12.4 Å². The minimum Gasteiger partial charge on any atom is -0.372 e. The van der Waals surface area contributed by atoms with E-state index in [1.807, 2.05) is 26.0 Å². The summed E-state index contributed by atoms with van der Waals surface area (Å²) in [5.74, 6) is 0.407. The SMILES string of the molecule is CC1CN(c2ccc(CNC(=O)Cn3ccc(C(F)(F)F)n3)cn2)CC(C)O1. The molecular weight excluding hydrogens is 375 g/mol. The molecule has 2 unspecified atom stereocenters. The van der Waals surface area contributed by atoms with Crippen LogP contribution in [0.3, 0.4) is 0 Å². The number of pyridine rings is 1. The lowest BCUT2D eigenvalue weighted by atomic mass is 10.2. The zero-order chi connectivity index (χ0) is 20.3. The maximum Gasteiger partial charge on any atom is 0.435 e. The van der Waals surface area contributed by atoms with Crippen molar-refractivity contribution in [2.45, 2.75) is 45.3 Å². The van der Waals surface area contributed by atoms with Crippen LogP contribution in [-0.2, 0) is 28.8 Å². The van der Waals surface area contributed by atoms with Gasteiger partial charge in [-0.1, -0.05) is 6.07 Å². The lowest BCUT2D eigenvalue weighted by molar-refractivity contribution is -0.141. The first-order valence-electron chi connectivity index (χ1n) is 8.93. The van der Waals surface area contributed by atoms with Gasteiger partial charge in [0, 0.05) is 32.0 Å². The van der Waals surface area contributed by atoms with Gasteiger partial charge in [-0.3, -0.25) is 9.48 Å². The molecule has 0 saturated carbocycles. The summed E-state index contributed by atoms with van der Waals surface area (Å²) >= 11 is 0. The van der Waals surface area contributed by atoms with Crippen LogP contribution in [0.25, 0.3) is 0 Å². The number of hydrogen-bond acceptors (Lipinski definition) is 5. The number of hydrogen-bond donors (Lipinski definition) is 1. The van der Waals surface area contributed by atoms with E-state index in [1.165, 1.54) is 0 Å². The fourth-order valence-electron chi connectivity index (χ4n) is 3.08. The first kappa shape index (κ1) is 20.1. The minimum absolute atomic E-state index is 0.129. The maximum absolute atomic E-state index is 12.5. The topological polar surface area (TPSA) is 72.3 Å². The lowest BCUT2D eigenvalue weighted by Gasteiger charge is -2.36. The number of anilines is 1. The van der Waals surface area contributed by atoms with Gasteiger partial charge in [-0.2, -0.15) is 18.3 Å². The summed E-state index contributed by atoms with van der Waals surface area (Å²) in [4.78, 5) is 18.5. The molecule has 0 spiro atoms. The third kappa shape index (κ3) is 5.22. The zero-order valence-electron chi connectivity index (χ0n) is 15.6. The van der Waals surface area contributed by atoms with Crippen LogP contribution in [0.5, 0.6) is 0 Å². The van der Waals surface area contributed by atoms with E-state index in [0.717, 1.165) is 41.4 Å². The molecular formula is C18H22F3N5O2. The van der Waals surface area contributed by atoms with Crippen molar-refractivity contribution in [1.82, 2.24) is 20.1 Å². The van der Waals surface area contributed by atoms with Crippen molar-refractivity contribution in [3.8, 4) is 0 Å². The molecule has 0 aromatic carbocycles. The first-order valence-corrected chi connectivity index (χ1v) is 8.93. The predicted molar refractivity (Wildman–Crippen MR) is 95.5 cm³/mol. The van der Waals surface area contributed by atoms with Crippen LogP contribution in [0.2, 0.25) is 0 Å². The van der Waals surface area contributed by atoms with Gasteiger partial charge in [0.25, 0.3) is 0 Å². The zero-order valence-corrected chi connectivity index (χ0v) is 15.6. The van der Waals surface area contributed by atoms with E-state index >= 15 is 0 Å². The number of rotatable bonds is 5. The Morgan fingerprint density at radius 1 is 1.25 bits per heavy atom. The number of amides is 1. The predicted octanol–water partition coefficient (Wildman–Crippen LogP) is 2.23. The second kappa shape index (κ2) is 8.17. The number of morpholine rings is 1. The van der Waals surface area contributed by atoms with Crippen LogP contribution in [0.4, 0.5) is 19.0 Å². The molecule has 0 radical (unpaired) electrons. The Kier molecular flexibility index (Phi) is 5.87. The summed E-state index contributed by atoms with van der Waals surface area (Å²) < 4.78 is 44.2. The minimum atomic E-state index is -4.52. The molecule has 1 N–H and O–H groups in total. The summed E-state index contributed by atoms with van der Waals surface area (Å²) in [7, 11) is 0. The molecule has 0 bridgehead atoms. The van der Waals surface area contributed by atoms with Crippen LogP contribution in [0.1, 0.15) is 25.1 Å². The van der Waals surface area contributed by atoms with Crippen molar-refractivity contribution in [3.05, 3.63) is 41.9 Å². The molecule has 2 aromatic heterocycles. The average Bonchev–Trinajstić information content (AvgIpc) is 3.08. The third-order valence-corrected chi connectivity index (χ3v) is 4.28. The Hall–Kier alpha value is -2.62. The second-order valence-corrected chi connectivity index (χ2v) is 6.86. The van der Waals surface area contributed by atoms with Crippen molar-refractivity contribution >= 4 is 11.7 Å². The van der Waals surface area contributed by atoms with Gasteiger partial charge in [-0.05, 0) is 31.5 Å². The molecule has 1 amide bonds. The highest BCUT2D eigenvalue weighted by atomic mass is 19.4. The van der Waals surface area contributed by atoms with Crippen LogP contribution in [-0.4, -0.2) is 46.0 Å². The largest absolute Gasteiger partial charge is 0.435 e. The van der Waals surface area contributed by atoms with Gasteiger partial charge in [0.05, 0.1) is 12.2 Å². The fraction of sp³-hybridized carbons (Fsp3) is 0.500. The molecule has 1 saturated heterocycles. The molecule has 10 heteroatoms. The summed E-state index contributed by atoms with van der Waals surface area (Å²) in [5, 5.41) is 6.01. The standard InChI is InChI=1S/C18H22F3N5O2/c1-12-9-25(10-13(2)28-12)16-4-3-14(7-22-16)8-23-17(27)11-26-6-5-15(24-26)18(19,20)21/h3-7,12-13H,8-11H2,1-2H3,(H,23,27). The van der Waals surface area contributed by atoms with Crippen molar-refractivity contribution in [3.63, 3.8) is 0 Å². The number of alkyl halides is 3. The Morgan fingerprint density at radius 3 is 2.54 bits per heavy atom. The highest BCUT2D eigenvalue weighted by Gasteiger charge is 2.33. The quantitative estimate of drug-likeness (QED) is 0.838. The maximum atomic E-state index is 12.5. The number of ether oxygens (including phenoxy) is 1. The molecule has 0 aliphatic carbocycles. The molecule has 1 fully saturated rings. The Balaban J connectivity index is 1.50. The highest BCUT2D eigenvalue weighted by Crippen LogP contribution is 2.27. The van der Waals surface area contributed by atoms with Gasteiger partial charge in [-0.15, -0.1) is 0 Å². The van der Waals surface area contributed by atoms with Crippen LogP contribution < -0.4 is 10.2 Å². The van der Waals surface area contributed by atoms with Gasteiger partial charge in [0.2, 0.25) is 5.91 Å². The molecule has 1 aliphatic rings. The lowest BCUT2D eigenvalue weighted by Crippen LogP contribution is -2.45. The first-order chi connectivity index (χ1) is 13.2. The smallest absolute Gasteiger partial charge is 0.372 e. The van der Waals surface area contributed by atoms with E-state index in [2.05, 4.69) is 20.3 Å². The molecule has 3 rings (SSSR count). The number of nitrogens with one attached hydrogen (secondary N) is 1. The molecule has 7 nitrogen and oxygen atoms in total. The second-order valence-electron chi connectivity index (χ2n) is 6.86.